The molecule has 0 radical (unpaired) electrons. The van der Waals surface area contributed by atoms with Crippen molar-refractivity contribution in [1.82, 2.24) is 0 Å². The molecule has 0 aliphatic rings. The average Bonchev–Trinajstić information content (AvgIpc) is 2.69. The molecule has 0 heterocycles. The number of unbranched alkanes of at least 4 members (excludes halogenated alkanes) is 2. The third kappa shape index (κ3) is 7.26. The molecule has 5 heteroatoms. The summed E-state index contributed by atoms with van der Waals surface area (Å²) in [5, 5.41) is 2.78. The number of nitrogens with one attached hydrogen (secondary N) is 1. The van der Waals surface area contributed by atoms with E-state index in [9.17, 15) is 9.59 Å². The van der Waals surface area contributed by atoms with Crippen molar-refractivity contribution in [1.29, 1.82) is 0 Å². The molecule has 0 aromatic heterocycles. The van der Waals surface area contributed by atoms with Gasteiger partial charge in [0.05, 0.1) is 12.2 Å². The fourth-order valence-electron chi connectivity index (χ4n) is 2.84. The van der Waals surface area contributed by atoms with Crippen molar-refractivity contribution in [2.45, 2.75) is 52.4 Å². The fourth-order valence-corrected chi connectivity index (χ4v) is 2.84. The standard InChI is InChI=1S/C24H31NO4/c1-5-6-9-16-28-23(27)18-12-14-19(15-13-18)25-22(26)17-29-21-11-8-7-10-20(21)24(2,3)4/h7-8,10-15H,5-6,9,16-17H2,1-4H3,(H,25,26). The van der Waals surface area contributed by atoms with Crippen LogP contribution >= 0.6 is 0 Å². The topological polar surface area (TPSA) is 64.6 Å². The van der Waals surface area contributed by atoms with Crippen LogP contribution in [-0.2, 0) is 14.9 Å². The zero-order valence-corrected chi connectivity index (χ0v) is 17.8. The molecular weight excluding hydrogens is 366 g/mol. The summed E-state index contributed by atoms with van der Waals surface area (Å²) in [5.74, 6) is 0.0982. The molecule has 0 spiro atoms. The van der Waals surface area contributed by atoms with Crippen LogP contribution in [0.25, 0.3) is 0 Å². The summed E-state index contributed by atoms with van der Waals surface area (Å²) in [7, 11) is 0. The second-order valence-electron chi connectivity index (χ2n) is 8.00. The van der Waals surface area contributed by atoms with Gasteiger partial charge in [-0.3, -0.25) is 4.79 Å². The zero-order chi connectivity index (χ0) is 21.3. The van der Waals surface area contributed by atoms with Crippen molar-refractivity contribution in [2.24, 2.45) is 0 Å². The number of rotatable bonds is 9. The van der Waals surface area contributed by atoms with Gasteiger partial charge in [-0.05, 0) is 47.7 Å². The maximum Gasteiger partial charge on any atom is 0.338 e. The van der Waals surface area contributed by atoms with Crippen molar-refractivity contribution in [2.75, 3.05) is 18.5 Å². The number of carbonyl (C=O) groups is 2. The molecule has 5 nitrogen and oxygen atoms in total. The van der Waals surface area contributed by atoms with Gasteiger partial charge in [-0.1, -0.05) is 58.7 Å². The van der Waals surface area contributed by atoms with Gasteiger partial charge < -0.3 is 14.8 Å². The van der Waals surface area contributed by atoms with Crippen LogP contribution in [0.3, 0.4) is 0 Å². The summed E-state index contributed by atoms with van der Waals surface area (Å²) in [6.45, 7) is 8.75. The number of anilines is 1. The third-order valence-electron chi connectivity index (χ3n) is 4.44. The molecule has 0 saturated heterocycles. The SMILES string of the molecule is CCCCCOC(=O)c1ccc(NC(=O)COc2ccccc2C(C)(C)C)cc1. The van der Waals surface area contributed by atoms with E-state index in [0.29, 0.717) is 23.6 Å². The molecule has 0 atom stereocenters. The highest BCUT2D eigenvalue weighted by Crippen LogP contribution is 2.30. The number of hydrogen-bond acceptors (Lipinski definition) is 4. The van der Waals surface area contributed by atoms with E-state index in [2.05, 4.69) is 33.0 Å². The van der Waals surface area contributed by atoms with Crippen molar-refractivity contribution in [3.05, 3.63) is 59.7 Å². The minimum Gasteiger partial charge on any atom is -0.483 e. The van der Waals surface area contributed by atoms with E-state index >= 15 is 0 Å². The number of para-hydroxylation sites is 1. The van der Waals surface area contributed by atoms with Gasteiger partial charge in [0.1, 0.15) is 5.75 Å². The van der Waals surface area contributed by atoms with Crippen LogP contribution in [0.15, 0.2) is 48.5 Å². The molecule has 29 heavy (non-hydrogen) atoms. The Bertz CT molecular complexity index is 806. The Hall–Kier alpha value is -2.82. The Labute approximate surface area is 173 Å². The van der Waals surface area contributed by atoms with E-state index in [1.165, 1.54) is 0 Å². The molecule has 2 aromatic carbocycles. The number of amides is 1. The summed E-state index contributed by atoms with van der Waals surface area (Å²) < 4.78 is 11.0. The van der Waals surface area contributed by atoms with E-state index in [1.54, 1.807) is 24.3 Å². The van der Waals surface area contributed by atoms with Crippen molar-refractivity contribution < 1.29 is 19.1 Å². The summed E-state index contributed by atoms with van der Waals surface area (Å²) in [4.78, 5) is 24.2. The fraction of sp³-hybridized carbons (Fsp3) is 0.417. The van der Waals surface area contributed by atoms with Crippen LogP contribution in [0, 0.1) is 0 Å². The average molecular weight is 398 g/mol. The monoisotopic (exact) mass is 397 g/mol. The van der Waals surface area contributed by atoms with Gasteiger partial charge >= 0.3 is 5.97 Å². The molecular formula is C24H31NO4. The molecule has 0 saturated carbocycles. The number of ether oxygens (including phenoxy) is 2. The zero-order valence-electron chi connectivity index (χ0n) is 17.8. The van der Waals surface area contributed by atoms with Crippen LogP contribution < -0.4 is 10.1 Å². The lowest BCUT2D eigenvalue weighted by Gasteiger charge is -2.22. The first-order valence-corrected chi connectivity index (χ1v) is 10.1. The Kier molecular flexibility index (Phi) is 8.25. The molecule has 0 aliphatic heterocycles. The third-order valence-corrected chi connectivity index (χ3v) is 4.44. The molecule has 1 amide bonds. The first kappa shape index (κ1) is 22.5. The molecule has 0 unspecified atom stereocenters. The number of esters is 1. The predicted octanol–water partition coefficient (Wildman–Crippen LogP) is 5.35. The maximum atomic E-state index is 12.2. The largest absolute Gasteiger partial charge is 0.483 e. The summed E-state index contributed by atoms with van der Waals surface area (Å²) in [6, 6.07) is 14.4. The lowest BCUT2D eigenvalue weighted by Crippen LogP contribution is -2.22. The van der Waals surface area contributed by atoms with Crippen LogP contribution in [0.4, 0.5) is 5.69 Å². The molecule has 156 valence electrons. The van der Waals surface area contributed by atoms with Gasteiger partial charge in [-0.2, -0.15) is 0 Å². The van der Waals surface area contributed by atoms with E-state index in [-0.39, 0.29) is 23.9 Å². The molecule has 2 aromatic rings. The number of carbonyl (C=O) groups excluding carboxylic acids is 2. The maximum absolute atomic E-state index is 12.2. The first-order valence-electron chi connectivity index (χ1n) is 10.1. The van der Waals surface area contributed by atoms with Gasteiger partial charge in [-0.15, -0.1) is 0 Å². The number of benzene rings is 2. The normalized spacial score (nSPS) is 11.0. The summed E-state index contributed by atoms with van der Waals surface area (Å²) in [6.07, 6.45) is 2.99. The van der Waals surface area contributed by atoms with Gasteiger partial charge in [0.25, 0.3) is 5.91 Å². The van der Waals surface area contributed by atoms with E-state index in [0.717, 1.165) is 24.8 Å². The second kappa shape index (κ2) is 10.6. The highest BCUT2D eigenvalue weighted by atomic mass is 16.5. The summed E-state index contributed by atoms with van der Waals surface area (Å²) >= 11 is 0. The highest BCUT2D eigenvalue weighted by molar-refractivity contribution is 5.93. The van der Waals surface area contributed by atoms with Gasteiger partial charge in [0.15, 0.2) is 6.61 Å². The Morgan fingerprint density at radius 1 is 0.966 bits per heavy atom. The minimum atomic E-state index is -0.346. The van der Waals surface area contributed by atoms with Crippen molar-refractivity contribution >= 4 is 17.6 Å². The molecule has 1 N–H and O–H groups in total. The Morgan fingerprint density at radius 2 is 1.66 bits per heavy atom. The quantitative estimate of drug-likeness (QED) is 0.458. The second-order valence-corrected chi connectivity index (χ2v) is 8.00. The molecule has 0 aliphatic carbocycles. The van der Waals surface area contributed by atoms with Crippen molar-refractivity contribution in [3.63, 3.8) is 0 Å². The van der Waals surface area contributed by atoms with E-state index in [4.69, 9.17) is 9.47 Å². The summed E-state index contributed by atoms with van der Waals surface area (Å²) in [5.41, 5.74) is 2.04. The first-order chi connectivity index (χ1) is 13.8. The van der Waals surface area contributed by atoms with Crippen LogP contribution in [0.1, 0.15) is 62.9 Å². The Balaban J connectivity index is 1.86. The van der Waals surface area contributed by atoms with E-state index < -0.39 is 0 Å². The van der Waals surface area contributed by atoms with Crippen LogP contribution in [-0.4, -0.2) is 25.1 Å². The molecule has 0 fully saturated rings. The lowest BCUT2D eigenvalue weighted by atomic mass is 9.86. The predicted molar refractivity (Wildman–Crippen MR) is 116 cm³/mol. The van der Waals surface area contributed by atoms with Gasteiger partial charge in [0, 0.05) is 5.69 Å². The number of hydrogen-bond donors (Lipinski definition) is 1. The van der Waals surface area contributed by atoms with Crippen molar-refractivity contribution in [3.8, 4) is 5.75 Å². The van der Waals surface area contributed by atoms with Gasteiger partial charge in [0.2, 0.25) is 0 Å². The lowest BCUT2D eigenvalue weighted by molar-refractivity contribution is -0.118. The molecule has 0 bridgehead atoms. The van der Waals surface area contributed by atoms with Crippen LogP contribution in [0.2, 0.25) is 0 Å². The Morgan fingerprint density at radius 3 is 2.31 bits per heavy atom. The molecule has 2 rings (SSSR count). The minimum absolute atomic E-state index is 0.0753. The smallest absolute Gasteiger partial charge is 0.338 e. The van der Waals surface area contributed by atoms with Crippen LogP contribution in [0.5, 0.6) is 5.75 Å². The van der Waals surface area contributed by atoms with Gasteiger partial charge in [-0.25, -0.2) is 4.79 Å². The van der Waals surface area contributed by atoms with E-state index in [1.807, 2.05) is 24.3 Å². The highest BCUT2D eigenvalue weighted by Gasteiger charge is 2.19.